The molecule has 0 spiro atoms. The van der Waals surface area contributed by atoms with E-state index in [1.54, 1.807) is 0 Å². The first-order chi connectivity index (χ1) is 18.2. The van der Waals surface area contributed by atoms with E-state index in [1.165, 1.54) is 49.0 Å². The number of carbonyl (C=O) groups excluding carboxylic acids is 1. The van der Waals surface area contributed by atoms with Crippen molar-refractivity contribution in [3.63, 3.8) is 0 Å². The highest BCUT2D eigenvalue weighted by molar-refractivity contribution is 8.77. The van der Waals surface area contributed by atoms with Crippen molar-refractivity contribution in [3.05, 3.63) is 72.8 Å². The summed E-state index contributed by atoms with van der Waals surface area (Å²) in [7, 11) is 3.98. The lowest BCUT2D eigenvalue weighted by Gasteiger charge is -2.09. The molecule has 4 rings (SSSR count). The van der Waals surface area contributed by atoms with Gasteiger partial charge in [0.25, 0.3) is 0 Å². The van der Waals surface area contributed by atoms with E-state index in [-0.39, 0.29) is 5.97 Å². The lowest BCUT2D eigenvalue weighted by atomic mass is 10.0. The molecule has 37 heavy (non-hydrogen) atoms. The molecule has 0 bridgehead atoms. The molecule has 5 heteroatoms. The Bertz CT molecular complexity index is 1070. The van der Waals surface area contributed by atoms with Gasteiger partial charge in [-0.2, -0.15) is 0 Å². The molecule has 0 aliphatic carbocycles. The van der Waals surface area contributed by atoms with Crippen LogP contribution in [0.3, 0.4) is 0 Å². The van der Waals surface area contributed by atoms with Gasteiger partial charge in [-0.3, -0.25) is 4.79 Å². The zero-order valence-corrected chi connectivity index (χ0v) is 23.5. The van der Waals surface area contributed by atoms with E-state index in [0.717, 1.165) is 48.0 Å². The number of benzene rings is 3. The molecular formula is C32H38O3S2. The summed E-state index contributed by atoms with van der Waals surface area (Å²) in [5.74, 6) is 2.67. The molecule has 3 nitrogen and oxygen atoms in total. The molecule has 1 unspecified atom stereocenters. The van der Waals surface area contributed by atoms with Crippen molar-refractivity contribution in [1.29, 1.82) is 0 Å². The second-order valence-electron chi connectivity index (χ2n) is 9.58. The van der Waals surface area contributed by atoms with Crippen LogP contribution in [0.5, 0.6) is 11.5 Å². The third-order valence-electron chi connectivity index (χ3n) is 6.64. The average molecular weight is 535 g/mol. The summed E-state index contributed by atoms with van der Waals surface area (Å²) < 4.78 is 11.4. The molecule has 1 aliphatic heterocycles. The minimum atomic E-state index is -0.140. The molecule has 1 aliphatic rings. The summed E-state index contributed by atoms with van der Waals surface area (Å²) in [6.45, 7) is 3.00. The largest absolute Gasteiger partial charge is 0.494 e. The van der Waals surface area contributed by atoms with Gasteiger partial charge in [0.2, 0.25) is 0 Å². The first-order valence-electron chi connectivity index (χ1n) is 13.6. The van der Waals surface area contributed by atoms with E-state index in [4.69, 9.17) is 9.47 Å². The Balaban J connectivity index is 1.22. The van der Waals surface area contributed by atoms with E-state index in [1.807, 2.05) is 45.9 Å². The van der Waals surface area contributed by atoms with Gasteiger partial charge >= 0.3 is 5.97 Å². The molecule has 0 N–H and O–H groups in total. The Kier molecular flexibility index (Phi) is 11.3. The van der Waals surface area contributed by atoms with Gasteiger partial charge in [0.15, 0.2) is 0 Å². The SMILES string of the molecule is CCCCCCOc1ccc(-c2ccc(-c3ccc(OC(=O)CCCCC4CCSS4)cc3)cc2)cc1. The summed E-state index contributed by atoms with van der Waals surface area (Å²) >= 11 is 0. The number of hydrogen-bond donors (Lipinski definition) is 0. The highest BCUT2D eigenvalue weighted by Gasteiger charge is 2.16. The first kappa shape index (κ1) is 27.7. The van der Waals surface area contributed by atoms with E-state index >= 15 is 0 Å². The van der Waals surface area contributed by atoms with Crippen LogP contribution < -0.4 is 9.47 Å². The van der Waals surface area contributed by atoms with Gasteiger partial charge in [0, 0.05) is 17.4 Å². The fourth-order valence-corrected chi connectivity index (χ4v) is 7.45. The third-order valence-corrected chi connectivity index (χ3v) is 9.65. The van der Waals surface area contributed by atoms with E-state index < -0.39 is 0 Å². The van der Waals surface area contributed by atoms with Crippen LogP contribution in [-0.4, -0.2) is 23.6 Å². The minimum Gasteiger partial charge on any atom is -0.494 e. The van der Waals surface area contributed by atoms with Crippen LogP contribution in [-0.2, 0) is 4.79 Å². The lowest BCUT2D eigenvalue weighted by molar-refractivity contribution is -0.134. The maximum Gasteiger partial charge on any atom is 0.311 e. The number of unbranched alkanes of at least 4 members (excludes halogenated alkanes) is 4. The molecule has 1 atom stereocenters. The average Bonchev–Trinajstić information content (AvgIpc) is 3.46. The predicted octanol–water partition coefficient (Wildman–Crippen LogP) is 9.60. The molecule has 3 aromatic rings. The lowest BCUT2D eigenvalue weighted by Crippen LogP contribution is -2.08. The van der Waals surface area contributed by atoms with Crippen molar-refractivity contribution in [2.24, 2.45) is 0 Å². The monoisotopic (exact) mass is 534 g/mol. The van der Waals surface area contributed by atoms with Crippen molar-refractivity contribution in [2.45, 2.75) is 70.0 Å². The highest BCUT2D eigenvalue weighted by Crippen LogP contribution is 2.40. The first-order valence-corrected chi connectivity index (χ1v) is 16.0. The molecule has 1 saturated heterocycles. The highest BCUT2D eigenvalue weighted by atomic mass is 33.1. The Hall–Kier alpha value is -2.37. The summed E-state index contributed by atoms with van der Waals surface area (Å²) in [4.78, 5) is 12.2. The number of esters is 1. The maximum atomic E-state index is 12.2. The molecular weight excluding hydrogens is 496 g/mol. The maximum absolute atomic E-state index is 12.2. The Morgan fingerprint density at radius 2 is 1.35 bits per heavy atom. The number of rotatable bonds is 14. The van der Waals surface area contributed by atoms with Crippen LogP contribution >= 0.6 is 21.6 Å². The molecule has 0 amide bonds. The molecule has 0 saturated carbocycles. The van der Waals surface area contributed by atoms with E-state index in [2.05, 4.69) is 55.5 Å². The fourth-order valence-electron chi connectivity index (χ4n) is 4.42. The smallest absolute Gasteiger partial charge is 0.311 e. The van der Waals surface area contributed by atoms with Crippen LogP contribution in [0.4, 0.5) is 0 Å². The molecule has 3 aromatic carbocycles. The molecule has 196 valence electrons. The molecule has 1 fully saturated rings. The van der Waals surface area contributed by atoms with Gasteiger partial charge in [0.1, 0.15) is 11.5 Å². The fraction of sp³-hybridized carbons (Fsp3) is 0.406. The van der Waals surface area contributed by atoms with Crippen molar-refractivity contribution < 1.29 is 14.3 Å². The van der Waals surface area contributed by atoms with Gasteiger partial charge in [0.05, 0.1) is 6.61 Å². The van der Waals surface area contributed by atoms with Crippen molar-refractivity contribution in [2.75, 3.05) is 12.4 Å². The van der Waals surface area contributed by atoms with Crippen LogP contribution in [0.2, 0.25) is 0 Å². The Labute approximate surface area is 230 Å². The standard InChI is InChI=1S/C32H38O3S2/c1-2-3-4-7-23-34-29-18-14-27(15-19-29)25-10-12-26(13-11-25)28-16-20-30(21-17-28)35-32(33)9-6-5-8-31-22-24-36-37-31/h10-21,31H,2-9,22-24H2,1H3. The van der Waals surface area contributed by atoms with E-state index in [0.29, 0.717) is 12.2 Å². The van der Waals surface area contributed by atoms with Crippen LogP contribution in [0.1, 0.15) is 64.7 Å². The quantitative estimate of drug-likeness (QED) is 0.0890. The van der Waals surface area contributed by atoms with Gasteiger partial charge in [-0.05, 0) is 72.2 Å². The Morgan fingerprint density at radius 1 is 0.757 bits per heavy atom. The molecule has 1 heterocycles. The Morgan fingerprint density at radius 3 is 1.92 bits per heavy atom. The van der Waals surface area contributed by atoms with Gasteiger partial charge in [-0.1, -0.05) is 103 Å². The number of hydrogen-bond acceptors (Lipinski definition) is 5. The van der Waals surface area contributed by atoms with Crippen LogP contribution in [0.25, 0.3) is 22.3 Å². The van der Waals surface area contributed by atoms with Gasteiger partial charge in [-0.15, -0.1) is 0 Å². The second kappa shape index (κ2) is 15.1. The topological polar surface area (TPSA) is 35.5 Å². The number of carbonyl (C=O) groups is 1. The zero-order chi connectivity index (χ0) is 25.7. The molecule has 0 aromatic heterocycles. The van der Waals surface area contributed by atoms with Crippen LogP contribution in [0.15, 0.2) is 72.8 Å². The van der Waals surface area contributed by atoms with Crippen LogP contribution in [0, 0.1) is 0 Å². The van der Waals surface area contributed by atoms with Crippen molar-refractivity contribution >= 4 is 27.6 Å². The second-order valence-corrected chi connectivity index (χ2v) is 12.4. The molecule has 0 radical (unpaired) electrons. The summed E-state index contributed by atoms with van der Waals surface area (Å²) in [6.07, 6.45) is 9.85. The number of ether oxygens (including phenoxy) is 2. The predicted molar refractivity (Wildman–Crippen MR) is 160 cm³/mol. The van der Waals surface area contributed by atoms with E-state index in [9.17, 15) is 4.79 Å². The summed E-state index contributed by atoms with van der Waals surface area (Å²) in [6, 6.07) is 24.7. The van der Waals surface area contributed by atoms with Gasteiger partial charge < -0.3 is 9.47 Å². The summed E-state index contributed by atoms with van der Waals surface area (Å²) in [5.41, 5.74) is 4.59. The minimum absolute atomic E-state index is 0.140. The van der Waals surface area contributed by atoms with Crippen molar-refractivity contribution in [1.82, 2.24) is 0 Å². The van der Waals surface area contributed by atoms with Crippen molar-refractivity contribution in [3.8, 4) is 33.8 Å². The zero-order valence-electron chi connectivity index (χ0n) is 21.8. The third kappa shape index (κ3) is 9.15. The summed E-state index contributed by atoms with van der Waals surface area (Å²) in [5, 5.41) is 0.771. The van der Waals surface area contributed by atoms with Gasteiger partial charge in [-0.25, -0.2) is 0 Å². The normalized spacial score (nSPS) is 15.0.